The van der Waals surface area contributed by atoms with Crippen molar-refractivity contribution in [2.75, 3.05) is 0 Å². The second-order valence-electron chi connectivity index (χ2n) is 5.89. The van der Waals surface area contributed by atoms with E-state index in [9.17, 15) is 0 Å². The van der Waals surface area contributed by atoms with Crippen LogP contribution in [0, 0.1) is 11.8 Å². The summed E-state index contributed by atoms with van der Waals surface area (Å²) >= 11 is 0. The summed E-state index contributed by atoms with van der Waals surface area (Å²) in [5.74, 6) is 0.611. The fourth-order valence-electron chi connectivity index (χ4n) is 2.21. The van der Waals surface area contributed by atoms with Crippen molar-refractivity contribution in [3.05, 3.63) is 48.9 Å². The van der Waals surface area contributed by atoms with Gasteiger partial charge in [-0.1, -0.05) is 39.8 Å². The first kappa shape index (κ1) is 14.6. The summed E-state index contributed by atoms with van der Waals surface area (Å²) in [5, 5.41) is 16.0. The first-order valence-electron chi connectivity index (χ1n) is 7.19. The van der Waals surface area contributed by atoms with Crippen LogP contribution in [-0.4, -0.2) is 11.3 Å². The molecule has 4 heteroatoms. The molecule has 4 nitrogen and oxygen atoms in total. The minimum atomic E-state index is -0.465. The maximum Gasteiger partial charge on any atom is 0.171 e. The number of allylic oxidation sites excluding steroid dienone is 4. The number of nitrogens with one attached hydrogen (secondary N) is 2. The van der Waals surface area contributed by atoms with Gasteiger partial charge in [-0.25, -0.2) is 0 Å². The third kappa shape index (κ3) is 2.69. The summed E-state index contributed by atoms with van der Waals surface area (Å²) < 4.78 is 0. The van der Waals surface area contributed by atoms with Gasteiger partial charge in [-0.3, -0.25) is 0 Å². The smallest absolute Gasteiger partial charge is 0.171 e. The van der Waals surface area contributed by atoms with Gasteiger partial charge in [-0.2, -0.15) is 10.2 Å². The minimum absolute atomic E-state index is 0.305. The van der Waals surface area contributed by atoms with Crippen molar-refractivity contribution >= 4 is 0 Å². The molecule has 0 aromatic carbocycles. The normalized spacial score (nSPS) is 32.1. The van der Waals surface area contributed by atoms with E-state index in [1.807, 2.05) is 36.7 Å². The molecule has 0 saturated heterocycles. The molecule has 2 atom stereocenters. The van der Waals surface area contributed by atoms with Gasteiger partial charge < -0.3 is 10.6 Å². The zero-order valence-corrected chi connectivity index (χ0v) is 12.7. The fourth-order valence-corrected chi connectivity index (χ4v) is 2.21. The molecule has 2 unspecified atom stereocenters. The second-order valence-corrected chi connectivity index (χ2v) is 5.89. The Hall–Kier alpha value is -1.84. The van der Waals surface area contributed by atoms with Crippen molar-refractivity contribution in [2.45, 2.75) is 39.0 Å². The largest absolute Gasteiger partial charge is 0.363 e. The van der Waals surface area contributed by atoms with Gasteiger partial charge in [-0.05, 0) is 36.7 Å². The highest BCUT2D eigenvalue weighted by molar-refractivity contribution is 5.22. The molecule has 2 aliphatic rings. The average Bonchev–Trinajstić information content (AvgIpc) is 2.47. The summed E-state index contributed by atoms with van der Waals surface area (Å²) in [6.45, 7) is 8.56. The SMILES string of the molecule is CC(C)C1(N=NC2(C(C)C)C=CC=CN2)C=CC=CN1. The van der Waals surface area contributed by atoms with E-state index in [1.54, 1.807) is 0 Å². The first-order chi connectivity index (χ1) is 9.51. The van der Waals surface area contributed by atoms with Crippen LogP contribution in [0.3, 0.4) is 0 Å². The quantitative estimate of drug-likeness (QED) is 0.770. The van der Waals surface area contributed by atoms with Gasteiger partial charge in [0.25, 0.3) is 0 Å². The molecular weight excluding hydrogens is 248 g/mol. The van der Waals surface area contributed by atoms with Crippen LogP contribution in [0.25, 0.3) is 0 Å². The van der Waals surface area contributed by atoms with Gasteiger partial charge in [0, 0.05) is 11.8 Å². The Labute approximate surface area is 121 Å². The van der Waals surface area contributed by atoms with Gasteiger partial charge >= 0.3 is 0 Å². The predicted octanol–water partition coefficient (Wildman–Crippen LogP) is 3.49. The van der Waals surface area contributed by atoms with Crippen LogP contribution in [0.5, 0.6) is 0 Å². The summed E-state index contributed by atoms with van der Waals surface area (Å²) in [6, 6.07) is 0. The van der Waals surface area contributed by atoms with E-state index in [0.717, 1.165) is 0 Å². The van der Waals surface area contributed by atoms with E-state index < -0.39 is 11.3 Å². The molecule has 0 fully saturated rings. The highest BCUT2D eigenvalue weighted by Crippen LogP contribution is 2.29. The Morgan fingerprint density at radius 2 is 1.10 bits per heavy atom. The van der Waals surface area contributed by atoms with Crippen LogP contribution in [0.15, 0.2) is 59.1 Å². The van der Waals surface area contributed by atoms with Gasteiger partial charge in [0.1, 0.15) is 0 Å². The topological polar surface area (TPSA) is 48.8 Å². The van der Waals surface area contributed by atoms with Crippen LogP contribution in [-0.2, 0) is 0 Å². The number of azo groups is 1. The molecule has 0 aliphatic carbocycles. The summed E-state index contributed by atoms with van der Waals surface area (Å²) in [6.07, 6.45) is 15.9. The Balaban J connectivity index is 2.29. The fraction of sp³-hybridized carbons (Fsp3) is 0.500. The number of nitrogens with zero attached hydrogens (tertiary/aromatic N) is 2. The lowest BCUT2D eigenvalue weighted by atomic mass is 9.93. The van der Waals surface area contributed by atoms with E-state index in [-0.39, 0.29) is 0 Å². The first-order valence-corrected chi connectivity index (χ1v) is 7.19. The monoisotopic (exact) mass is 272 g/mol. The van der Waals surface area contributed by atoms with Gasteiger partial charge in [0.2, 0.25) is 0 Å². The lowest BCUT2D eigenvalue weighted by molar-refractivity contribution is 0.277. The number of rotatable bonds is 4. The third-order valence-electron chi connectivity index (χ3n) is 3.89. The summed E-state index contributed by atoms with van der Waals surface area (Å²) in [7, 11) is 0. The van der Waals surface area contributed by atoms with Crippen LogP contribution < -0.4 is 10.6 Å². The highest BCUT2D eigenvalue weighted by atomic mass is 15.3. The molecule has 2 N–H and O–H groups in total. The lowest BCUT2D eigenvalue weighted by Crippen LogP contribution is -2.48. The lowest BCUT2D eigenvalue weighted by Gasteiger charge is -2.36. The summed E-state index contributed by atoms with van der Waals surface area (Å²) in [4.78, 5) is 0. The molecule has 0 spiro atoms. The molecule has 0 amide bonds. The van der Waals surface area contributed by atoms with Gasteiger partial charge in [0.05, 0.1) is 0 Å². The molecule has 0 saturated carbocycles. The molecule has 2 heterocycles. The Kier molecular flexibility index (Phi) is 4.12. The highest BCUT2D eigenvalue weighted by Gasteiger charge is 2.35. The Morgan fingerprint density at radius 3 is 1.35 bits per heavy atom. The molecule has 2 rings (SSSR count). The van der Waals surface area contributed by atoms with Gasteiger partial charge in [0.15, 0.2) is 11.3 Å². The van der Waals surface area contributed by atoms with E-state index >= 15 is 0 Å². The van der Waals surface area contributed by atoms with Crippen molar-refractivity contribution in [3.8, 4) is 0 Å². The molecule has 0 aromatic rings. The maximum absolute atomic E-state index is 4.66. The predicted molar refractivity (Wildman–Crippen MR) is 82.8 cm³/mol. The third-order valence-corrected chi connectivity index (χ3v) is 3.89. The van der Waals surface area contributed by atoms with Crippen LogP contribution >= 0.6 is 0 Å². The average molecular weight is 272 g/mol. The molecule has 0 aromatic heterocycles. The number of dihydropyridines is 2. The van der Waals surface area contributed by atoms with Crippen LogP contribution in [0.4, 0.5) is 0 Å². The van der Waals surface area contributed by atoms with E-state index in [1.165, 1.54) is 0 Å². The van der Waals surface area contributed by atoms with Crippen LogP contribution in [0.2, 0.25) is 0 Å². The molecule has 20 heavy (non-hydrogen) atoms. The number of hydrogen-bond acceptors (Lipinski definition) is 4. The zero-order chi connectivity index (χ0) is 14.6. The van der Waals surface area contributed by atoms with Crippen molar-refractivity contribution in [1.82, 2.24) is 10.6 Å². The van der Waals surface area contributed by atoms with Crippen molar-refractivity contribution in [3.63, 3.8) is 0 Å². The summed E-state index contributed by atoms with van der Waals surface area (Å²) in [5.41, 5.74) is -0.930. The van der Waals surface area contributed by atoms with E-state index in [0.29, 0.717) is 11.8 Å². The molecular formula is C16H24N4. The van der Waals surface area contributed by atoms with E-state index in [4.69, 9.17) is 0 Å². The second kappa shape index (κ2) is 5.65. The van der Waals surface area contributed by atoms with Gasteiger partial charge in [-0.15, -0.1) is 0 Å². The van der Waals surface area contributed by atoms with Crippen molar-refractivity contribution in [1.29, 1.82) is 0 Å². The maximum atomic E-state index is 4.66. The Morgan fingerprint density at radius 1 is 0.700 bits per heavy atom. The van der Waals surface area contributed by atoms with E-state index in [2.05, 4.69) is 60.7 Å². The molecule has 0 radical (unpaired) electrons. The zero-order valence-electron chi connectivity index (χ0n) is 12.7. The standard InChI is InChI=1S/C16H24N4/c1-13(2)15(9-5-7-11-17-15)19-20-16(14(3)4)10-6-8-12-18-16/h5-14,17-18H,1-4H3. The number of hydrogen-bond donors (Lipinski definition) is 2. The van der Waals surface area contributed by atoms with Crippen molar-refractivity contribution in [2.24, 2.45) is 22.1 Å². The Bertz CT molecular complexity index is 441. The van der Waals surface area contributed by atoms with Crippen LogP contribution in [0.1, 0.15) is 27.7 Å². The van der Waals surface area contributed by atoms with Crippen molar-refractivity contribution < 1.29 is 0 Å². The molecule has 0 bridgehead atoms. The molecule has 108 valence electrons. The minimum Gasteiger partial charge on any atom is -0.363 e. The molecule has 2 aliphatic heterocycles.